The molecular weight excluding hydrogens is 252 g/mol. The minimum atomic E-state index is -0.0545. The first kappa shape index (κ1) is 15.0. The lowest BCUT2D eigenvalue weighted by Gasteiger charge is -2.21. The highest BCUT2D eigenvalue weighted by Crippen LogP contribution is 2.20. The number of carbonyl (C=O) groups excluding carboxylic acids is 1. The first-order valence-corrected chi connectivity index (χ1v) is 7.39. The fourth-order valence-corrected chi connectivity index (χ4v) is 2.69. The summed E-state index contributed by atoms with van der Waals surface area (Å²) in [5.74, 6) is 0.407. The Balaban J connectivity index is 1.92. The summed E-state index contributed by atoms with van der Waals surface area (Å²) in [5.41, 5.74) is 9.10. The van der Waals surface area contributed by atoms with Gasteiger partial charge in [0, 0.05) is 18.2 Å². The second-order valence-corrected chi connectivity index (χ2v) is 5.43. The molecule has 1 amide bonds. The highest BCUT2D eigenvalue weighted by atomic mass is 16.5. The Morgan fingerprint density at radius 3 is 2.70 bits per heavy atom. The Kier molecular flexibility index (Phi) is 5.15. The van der Waals surface area contributed by atoms with Gasteiger partial charge in [-0.1, -0.05) is 32.8 Å². The number of amides is 1. The molecule has 1 aromatic carbocycles. The molecule has 3 N–H and O–H groups in total. The normalized spacial score (nSPS) is 15.2. The van der Waals surface area contributed by atoms with Gasteiger partial charge in [-0.25, -0.2) is 0 Å². The van der Waals surface area contributed by atoms with Crippen LogP contribution in [0.5, 0.6) is 0 Å². The van der Waals surface area contributed by atoms with Gasteiger partial charge in [-0.05, 0) is 29.2 Å². The zero-order valence-electron chi connectivity index (χ0n) is 12.3. The van der Waals surface area contributed by atoms with Crippen molar-refractivity contribution < 1.29 is 9.53 Å². The molecule has 0 bridgehead atoms. The average molecular weight is 276 g/mol. The van der Waals surface area contributed by atoms with E-state index in [9.17, 15) is 4.79 Å². The number of ether oxygens (including phenoxy) is 1. The second kappa shape index (κ2) is 6.86. The second-order valence-electron chi connectivity index (χ2n) is 5.43. The molecule has 1 unspecified atom stereocenters. The molecule has 2 rings (SSSR count). The summed E-state index contributed by atoms with van der Waals surface area (Å²) in [6, 6.07) is 5.76. The van der Waals surface area contributed by atoms with Crippen molar-refractivity contribution in [2.24, 2.45) is 11.7 Å². The van der Waals surface area contributed by atoms with E-state index in [0.29, 0.717) is 31.2 Å². The highest BCUT2D eigenvalue weighted by molar-refractivity contribution is 5.94. The van der Waals surface area contributed by atoms with Crippen LogP contribution in [0.25, 0.3) is 0 Å². The van der Waals surface area contributed by atoms with Gasteiger partial charge < -0.3 is 15.8 Å². The number of hydrogen-bond acceptors (Lipinski definition) is 3. The van der Waals surface area contributed by atoms with Gasteiger partial charge in [0.15, 0.2) is 0 Å². The Hall–Kier alpha value is -1.39. The zero-order valence-corrected chi connectivity index (χ0v) is 12.3. The summed E-state index contributed by atoms with van der Waals surface area (Å²) in [6.45, 7) is 6.05. The first-order chi connectivity index (χ1) is 9.65. The molecule has 20 heavy (non-hydrogen) atoms. The maximum Gasteiger partial charge on any atom is 0.251 e. The van der Waals surface area contributed by atoms with Gasteiger partial charge in [-0.3, -0.25) is 4.79 Å². The van der Waals surface area contributed by atoms with Crippen LogP contribution in [0.2, 0.25) is 0 Å². The molecule has 4 nitrogen and oxygen atoms in total. The van der Waals surface area contributed by atoms with Crippen LogP contribution in [-0.4, -0.2) is 18.5 Å². The van der Waals surface area contributed by atoms with E-state index in [1.54, 1.807) is 0 Å². The van der Waals surface area contributed by atoms with Crippen LogP contribution in [0.3, 0.4) is 0 Å². The van der Waals surface area contributed by atoms with Crippen LogP contribution in [0, 0.1) is 5.92 Å². The molecule has 0 saturated carbocycles. The van der Waals surface area contributed by atoms with Crippen molar-refractivity contribution in [1.82, 2.24) is 5.32 Å². The van der Waals surface area contributed by atoms with Gasteiger partial charge in [-0.15, -0.1) is 0 Å². The minimum Gasteiger partial charge on any atom is -0.372 e. The zero-order chi connectivity index (χ0) is 14.5. The minimum absolute atomic E-state index is 0.0201. The molecule has 4 heteroatoms. The third kappa shape index (κ3) is 3.38. The molecule has 1 aliphatic heterocycles. The van der Waals surface area contributed by atoms with E-state index in [4.69, 9.17) is 10.5 Å². The SMILES string of the molecule is CCC(CC)C(N)CNC(=O)c1ccc2c(c1)COC2. The van der Waals surface area contributed by atoms with Crippen LogP contribution in [0.4, 0.5) is 0 Å². The van der Waals surface area contributed by atoms with Crippen molar-refractivity contribution in [3.8, 4) is 0 Å². The molecule has 0 fully saturated rings. The molecule has 0 saturated heterocycles. The summed E-state index contributed by atoms with van der Waals surface area (Å²) in [4.78, 5) is 12.1. The average Bonchev–Trinajstić information content (AvgIpc) is 2.93. The predicted molar refractivity (Wildman–Crippen MR) is 79.3 cm³/mol. The maximum atomic E-state index is 12.1. The number of nitrogens with one attached hydrogen (secondary N) is 1. The predicted octanol–water partition coefficient (Wildman–Crippen LogP) is 2.21. The van der Waals surface area contributed by atoms with Crippen LogP contribution in [-0.2, 0) is 18.0 Å². The highest BCUT2D eigenvalue weighted by Gasteiger charge is 2.17. The van der Waals surface area contributed by atoms with Crippen molar-refractivity contribution >= 4 is 5.91 Å². The Labute approximate surface area is 120 Å². The lowest BCUT2D eigenvalue weighted by molar-refractivity contribution is 0.0947. The van der Waals surface area contributed by atoms with Gasteiger partial charge in [0.25, 0.3) is 5.91 Å². The van der Waals surface area contributed by atoms with Gasteiger partial charge in [0.1, 0.15) is 0 Å². The third-order valence-corrected chi connectivity index (χ3v) is 4.14. The van der Waals surface area contributed by atoms with E-state index in [0.717, 1.165) is 18.4 Å². The van der Waals surface area contributed by atoms with Gasteiger partial charge in [0.05, 0.1) is 13.2 Å². The molecule has 110 valence electrons. The fourth-order valence-electron chi connectivity index (χ4n) is 2.69. The molecule has 1 heterocycles. The molecule has 1 aliphatic rings. The quantitative estimate of drug-likeness (QED) is 0.837. The Morgan fingerprint density at radius 1 is 1.30 bits per heavy atom. The van der Waals surface area contributed by atoms with Gasteiger partial charge in [0.2, 0.25) is 0 Å². The monoisotopic (exact) mass is 276 g/mol. The molecule has 0 spiro atoms. The van der Waals surface area contributed by atoms with Gasteiger partial charge >= 0.3 is 0 Å². The van der Waals surface area contributed by atoms with Crippen molar-refractivity contribution in [3.63, 3.8) is 0 Å². The van der Waals surface area contributed by atoms with Crippen molar-refractivity contribution in [2.45, 2.75) is 45.9 Å². The Morgan fingerprint density at radius 2 is 2.00 bits per heavy atom. The van der Waals surface area contributed by atoms with E-state index in [-0.39, 0.29) is 11.9 Å². The van der Waals surface area contributed by atoms with E-state index < -0.39 is 0 Å². The molecular formula is C16H24N2O2. The molecule has 0 radical (unpaired) electrons. The fraction of sp³-hybridized carbons (Fsp3) is 0.562. The summed E-state index contributed by atoms with van der Waals surface area (Å²) in [5, 5.41) is 2.93. The number of rotatable bonds is 6. The van der Waals surface area contributed by atoms with Crippen molar-refractivity contribution in [2.75, 3.05) is 6.54 Å². The summed E-state index contributed by atoms with van der Waals surface area (Å²) in [7, 11) is 0. The number of benzene rings is 1. The van der Waals surface area contributed by atoms with E-state index in [1.807, 2.05) is 18.2 Å². The van der Waals surface area contributed by atoms with E-state index in [1.165, 1.54) is 5.56 Å². The van der Waals surface area contributed by atoms with Crippen molar-refractivity contribution in [3.05, 3.63) is 34.9 Å². The maximum absolute atomic E-state index is 12.1. The van der Waals surface area contributed by atoms with E-state index >= 15 is 0 Å². The standard InChI is InChI=1S/C16H24N2O2/c1-3-11(4-2)15(17)8-18-16(19)12-5-6-13-9-20-10-14(13)7-12/h5-7,11,15H,3-4,8-10,17H2,1-2H3,(H,18,19). The van der Waals surface area contributed by atoms with Crippen LogP contribution in [0.15, 0.2) is 18.2 Å². The molecule has 1 aromatic rings. The van der Waals surface area contributed by atoms with Crippen molar-refractivity contribution in [1.29, 1.82) is 0 Å². The number of nitrogens with two attached hydrogens (primary N) is 1. The summed E-state index contributed by atoms with van der Waals surface area (Å²) in [6.07, 6.45) is 2.09. The topological polar surface area (TPSA) is 64.3 Å². The number of hydrogen-bond donors (Lipinski definition) is 2. The van der Waals surface area contributed by atoms with Crippen LogP contribution in [0.1, 0.15) is 48.2 Å². The largest absolute Gasteiger partial charge is 0.372 e. The molecule has 1 atom stereocenters. The Bertz CT molecular complexity index is 470. The lowest BCUT2D eigenvalue weighted by Crippen LogP contribution is -2.41. The third-order valence-electron chi connectivity index (χ3n) is 4.14. The van der Waals surface area contributed by atoms with Crippen LogP contribution < -0.4 is 11.1 Å². The summed E-state index contributed by atoms with van der Waals surface area (Å²) >= 11 is 0. The van der Waals surface area contributed by atoms with Gasteiger partial charge in [-0.2, -0.15) is 0 Å². The van der Waals surface area contributed by atoms with Crippen LogP contribution >= 0.6 is 0 Å². The molecule has 0 aliphatic carbocycles. The summed E-state index contributed by atoms with van der Waals surface area (Å²) < 4.78 is 5.36. The van der Waals surface area contributed by atoms with E-state index in [2.05, 4.69) is 19.2 Å². The molecule has 0 aromatic heterocycles. The number of carbonyl (C=O) groups is 1. The lowest BCUT2D eigenvalue weighted by atomic mass is 9.95. The first-order valence-electron chi connectivity index (χ1n) is 7.39. The number of fused-ring (bicyclic) bond motifs is 1. The smallest absolute Gasteiger partial charge is 0.251 e.